The van der Waals surface area contributed by atoms with Gasteiger partial charge in [0.05, 0.1) is 0 Å². The Morgan fingerprint density at radius 2 is 2.67 bits per heavy atom. The molecule has 0 spiro atoms. The molecule has 1 aromatic heterocycles. The van der Waals surface area contributed by atoms with Gasteiger partial charge in [0.1, 0.15) is 19.4 Å². The van der Waals surface area contributed by atoms with E-state index < -0.39 is 0 Å². The van der Waals surface area contributed by atoms with E-state index in [9.17, 15) is 0 Å². The second-order valence-electron chi connectivity index (χ2n) is 1.88. The fraction of sp³-hybridized carbons (Fsp3) is 0.600. The van der Waals surface area contributed by atoms with E-state index in [0.717, 1.165) is 18.6 Å². The van der Waals surface area contributed by atoms with Crippen LogP contribution in [0.4, 0.5) is 0 Å². The summed E-state index contributed by atoms with van der Waals surface area (Å²) in [6, 6.07) is 0. The third-order valence-corrected chi connectivity index (χ3v) is 1.13. The minimum absolute atomic E-state index is 0.966. The molecule has 47 valence electrons. The van der Waals surface area contributed by atoms with E-state index in [1.165, 1.54) is 6.33 Å². The maximum Gasteiger partial charge on any atom is 0.137 e. The largest absolute Gasteiger partial charge is 0.263 e. The summed E-state index contributed by atoms with van der Waals surface area (Å²) in [4.78, 5) is 3.97. The molecule has 0 aliphatic rings. The molecule has 0 aliphatic carbocycles. The van der Waals surface area contributed by atoms with Gasteiger partial charge in [0, 0.05) is 0 Å². The smallest absolute Gasteiger partial charge is 0.137 e. The molecule has 1 aromatic rings. The molecule has 0 bridgehead atoms. The van der Waals surface area contributed by atoms with E-state index in [2.05, 4.69) is 22.5 Å². The average molecular weight is 122 g/mol. The lowest BCUT2D eigenvalue weighted by Gasteiger charge is -1.88. The van der Waals surface area contributed by atoms with Gasteiger partial charge in [-0.3, -0.25) is 5.10 Å². The Bertz CT molecular complexity index is 149. The number of rotatable bonds is 3. The lowest BCUT2D eigenvalue weighted by Crippen LogP contribution is -1.90. The Morgan fingerprint density at radius 3 is 3.22 bits per heavy atom. The number of nitrogens with zero attached hydrogens (tertiary/aromatic N) is 2. The van der Waals surface area contributed by atoms with E-state index in [1.54, 1.807) is 0 Å². The lowest BCUT2D eigenvalue weighted by atomic mass is 9.77. The highest BCUT2D eigenvalue weighted by Crippen LogP contribution is 1.91. The van der Waals surface area contributed by atoms with Gasteiger partial charge >= 0.3 is 0 Å². The van der Waals surface area contributed by atoms with Crippen LogP contribution < -0.4 is 0 Å². The standard InChI is InChI=1S/C5H9BN3/c1-6-3-2-5-7-4-8-9-5/h4H,2-3H2,1H3,(H,7,8,9). The maximum atomic E-state index is 3.97. The fourth-order valence-electron chi connectivity index (χ4n) is 0.632. The number of aryl methyl sites for hydroxylation is 1. The molecule has 0 atom stereocenters. The zero-order valence-corrected chi connectivity index (χ0v) is 5.46. The van der Waals surface area contributed by atoms with Crippen molar-refractivity contribution in [1.29, 1.82) is 0 Å². The first-order valence-corrected chi connectivity index (χ1v) is 3.05. The Morgan fingerprint density at radius 1 is 1.78 bits per heavy atom. The van der Waals surface area contributed by atoms with Gasteiger partial charge in [-0.15, -0.1) is 0 Å². The van der Waals surface area contributed by atoms with E-state index in [1.807, 2.05) is 6.82 Å². The predicted molar refractivity (Wildman–Crippen MR) is 36.5 cm³/mol. The minimum atomic E-state index is 0.966. The fourth-order valence-corrected chi connectivity index (χ4v) is 0.632. The number of aromatic amines is 1. The lowest BCUT2D eigenvalue weighted by molar-refractivity contribution is 0.942. The third-order valence-electron chi connectivity index (χ3n) is 1.13. The summed E-state index contributed by atoms with van der Waals surface area (Å²) in [7, 11) is 2.11. The Kier molecular flexibility index (Phi) is 2.30. The van der Waals surface area contributed by atoms with Crippen molar-refractivity contribution < 1.29 is 0 Å². The molecule has 1 N–H and O–H groups in total. The molecular formula is C5H9BN3. The van der Waals surface area contributed by atoms with Crippen LogP contribution >= 0.6 is 0 Å². The van der Waals surface area contributed by atoms with Gasteiger partial charge < -0.3 is 0 Å². The zero-order valence-electron chi connectivity index (χ0n) is 5.46. The van der Waals surface area contributed by atoms with Crippen molar-refractivity contribution in [2.75, 3.05) is 0 Å². The first-order chi connectivity index (χ1) is 4.43. The molecule has 0 aliphatic heterocycles. The zero-order chi connectivity index (χ0) is 6.53. The summed E-state index contributed by atoms with van der Waals surface area (Å²) in [6.45, 7) is 2.04. The van der Waals surface area contributed by atoms with Gasteiger partial charge in [-0.1, -0.05) is 13.1 Å². The van der Waals surface area contributed by atoms with Crippen molar-refractivity contribution >= 4 is 7.28 Å². The van der Waals surface area contributed by atoms with Crippen molar-refractivity contribution in [3.63, 3.8) is 0 Å². The summed E-state index contributed by atoms with van der Waals surface area (Å²) in [6.07, 6.45) is 3.57. The number of hydrogen-bond donors (Lipinski definition) is 1. The average Bonchev–Trinajstić information content (AvgIpc) is 2.34. The third kappa shape index (κ3) is 1.87. The minimum Gasteiger partial charge on any atom is -0.263 e. The summed E-state index contributed by atoms with van der Waals surface area (Å²) in [5.41, 5.74) is 0. The maximum absolute atomic E-state index is 3.97. The van der Waals surface area contributed by atoms with Gasteiger partial charge in [-0.25, -0.2) is 4.98 Å². The SMILES string of the molecule is C[B]CCc1ncn[nH]1. The van der Waals surface area contributed by atoms with Gasteiger partial charge in [0.15, 0.2) is 0 Å². The number of H-pyrrole nitrogens is 1. The highest BCUT2D eigenvalue weighted by atomic mass is 15.2. The van der Waals surface area contributed by atoms with Crippen LogP contribution in [0.15, 0.2) is 6.33 Å². The first-order valence-electron chi connectivity index (χ1n) is 3.05. The van der Waals surface area contributed by atoms with Crippen LogP contribution in [0.1, 0.15) is 5.82 Å². The molecule has 1 rings (SSSR count). The van der Waals surface area contributed by atoms with Gasteiger partial charge in [0.2, 0.25) is 0 Å². The summed E-state index contributed by atoms with van der Waals surface area (Å²) >= 11 is 0. The van der Waals surface area contributed by atoms with Gasteiger partial charge in [-0.05, 0) is 6.42 Å². The Labute approximate surface area is 55.1 Å². The van der Waals surface area contributed by atoms with Crippen LogP contribution in [0, 0.1) is 0 Å². The highest BCUT2D eigenvalue weighted by Gasteiger charge is 1.91. The molecule has 3 nitrogen and oxygen atoms in total. The Hall–Kier alpha value is -0.795. The molecule has 1 heterocycles. The molecule has 0 saturated carbocycles. The summed E-state index contributed by atoms with van der Waals surface area (Å²) in [5.74, 6) is 0.966. The van der Waals surface area contributed by atoms with E-state index in [4.69, 9.17) is 0 Å². The normalized spacial score (nSPS) is 9.44. The highest BCUT2D eigenvalue weighted by molar-refractivity contribution is 6.33. The van der Waals surface area contributed by atoms with Crippen molar-refractivity contribution in [3.8, 4) is 0 Å². The van der Waals surface area contributed by atoms with Crippen molar-refractivity contribution in [2.24, 2.45) is 0 Å². The van der Waals surface area contributed by atoms with Crippen molar-refractivity contribution in [3.05, 3.63) is 12.2 Å². The van der Waals surface area contributed by atoms with Crippen LogP contribution in [0.3, 0.4) is 0 Å². The molecule has 9 heavy (non-hydrogen) atoms. The first kappa shape index (κ1) is 6.33. The quantitative estimate of drug-likeness (QED) is 0.593. The van der Waals surface area contributed by atoms with Crippen LogP contribution in [-0.2, 0) is 6.42 Å². The molecule has 0 aromatic carbocycles. The van der Waals surface area contributed by atoms with E-state index in [-0.39, 0.29) is 0 Å². The molecule has 0 unspecified atom stereocenters. The monoisotopic (exact) mass is 122 g/mol. The molecule has 0 amide bonds. The number of aromatic nitrogens is 3. The molecule has 0 fully saturated rings. The van der Waals surface area contributed by atoms with E-state index >= 15 is 0 Å². The van der Waals surface area contributed by atoms with Crippen LogP contribution in [0.25, 0.3) is 0 Å². The van der Waals surface area contributed by atoms with Crippen LogP contribution in [0.5, 0.6) is 0 Å². The topological polar surface area (TPSA) is 41.6 Å². The second-order valence-corrected chi connectivity index (χ2v) is 1.88. The molecule has 0 saturated heterocycles. The summed E-state index contributed by atoms with van der Waals surface area (Å²) in [5, 5.41) is 6.52. The van der Waals surface area contributed by atoms with Crippen molar-refractivity contribution in [2.45, 2.75) is 19.6 Å². The molecule has 4 heteroatoms. The molecular weight excluding hydrogens is 113 g/mol. The van der Waals surface area contributed by atoms with Gasteiger partial charge in [0.25, 0.3) is 0 Å². The second kappa shape index (κ2) is 3.27. The number of nitrogens with one attached hydrogen (secondary N) is 1. The predicted octanol–water partition coefficient (Wildman–Crippen LogP) is 0.518. The molecule has 1 radical (unpaired) electrons. The van der Waals surface area contributed by atoms with Crippen LogP contribution in [-0.4, -0.2) is 22.5 Å². The van der Waals surface area contributed by atoms with Crippen molar-refractivity contribution in [1.82, 2.24) is 15.2 Å². The Balaban J connectivity index is 2.30. The summed E-state index contributed by atoms with van der Waals surface area (Å²) < 4.78 is 0. The number of hydrogen-bond acceptors (Lipinski definition) is 2. The van der Waals surface area contributed by atoms with Gasteiger partial charge in [-0.2, -0.15) is 5.10 Å². The van der Waals surface area contributed by atoms with E-state index in [0.29, 0.717) is 0 Å². The van der Waals surface area contributed by atoms with Crippen LogP contribution in [0.2, 0.25) is 13.1 Å².